The minimum absolute atomic E-state index is 0.437. The van der Waals surface area contributed by atoms with Gasteiger partial charge in [0.1, 0.15) is 23.3 Å². The van der Waals surface area contributed by atoms with Gasteiger partial charge in [-0.15, -0.1) is 0 Å². The molecule has 278 valence electrons. The van der Waals surface area contributed by atoms with E-state index in [-0.39, 0.29) is 0 Å². The summed E-state index contributed by atoms with van der Waals surface area (Å²) in [7, 11) is -7.08. The first-order valence-corrected chi connectivity index (χ1v) is 21.8. The smallest absolute Gasteiger partial charge is 0.171 e. The number of rotatable bonds is 6. The number of halogens is 4. The Morgan fingerprint density at radius 2 is 0.554 bits per heavy atom. The van der Waals surface area contributed by atoms with Gasteiger partial charge >= 0.3 is 0 Å². The fraction of sp³-hybridized carbons (Fsp3) is 0.125. The Morgan fingerprint density at radius 1 is 0.321 bits per heavy atom. The molecule has 0 amide bonds. The van der Waals surface area contributed by atoms with Crippen molar-refractivity contribution in [3.8, 4) is 22.3 Å². The molecule has 9 rings (SSSR count). The standard InChI is InChI=1S/C48H36F4O2P2/c1-47(2)43-25-37(55(53,33-13-5-29(49)6-14-33)34-15-7-30(50)8-16-34)21-23-39(43)41-28-46-42(27-45(41)47)40-24-22-38(26-44(40)48(46,3)4)56(54,35-17-9-31(51)10-18-35)36-19-11-32(52)12-20-36/h5-28H,1-4H3. The van der Waals surface area contributed by atoms with E-state index in [1.165, 1.54) is 48.5 Å². The van der Waals surface area contributed by atoms with Gasteiger partial charge in [-0.25, -0.2) is 17.6 Å². The van der Waals surface area contributed by atoms with Crippen molar-refractivity contribution in [1.29, 1.82) is 0 Å². The van der Waals surface area contributed by atoms with Gasteiger partial charge in [0.2, 0.25) is 0 Å². The van der Waals surface area contributed by atoms with Gasteiger partial charge in [-0.3, -0.25) is 0 Å². The predicted octanol–water partition coefficient (Wildman–Crippen LogP) is 10.1. The second-order valence-electron chi connectivity index (χ2n) is 15.8. The second-order valence-corrected chi connectivity index (χ2v) is 21.3. The molecule has 0 fully saturated rings. The summed E-state index contributed by atoms with van der Waals surface area (Å²) >= 11 is 0. The van der Waals surface area contributed by atoms with Crippen LogP contribution in [0.5, 0.6) is 0 Å². The molecule has 0 radical (unpaired) electrons. The van der Waals surface area contributed by atoms with Crippen LogP contribution in [0.4, 0.5) is 17.6 Å². The van der Waals surface area contributed by atoms with E-state index >= 15 is 9.13 Å². The van der Waals surface area contributed by atoms with Gasteiger partial charge in [-0.05, 0) is 166 Å². The van der Waals surface area contributed by atoms with Crippen molar-refractivity contribution in [2.45, 2.75) is 38.5 Å². The maximum Gasteiger partial charge on any atom is 0.171 e. The molecule has 0 unspecified atom stereocenters. The van der Waals surface area contributed by atoms with Crippen LogP contribution in [0.2, 0.25) is 0 Å². The lowest BCUT2D eigenvalue weighted by molar-refractivity contribution is 0.591. The lowest BCUT2D eigenvalue weighted by Gasteiger charge is -2.26. The highest BCUT2D eigenvalue weighted by atomic mass is 31.2. The highest BCUT2D eigenvalue weighted by Crippen LogP contribution is 2.57. The van der Waals surface area contributed by atoms with Crippen molar-refractivity contribution in [3.63, 3.8) is 0 Å². The largest absolute Gasteiger partial charge is 0.309 e. The lowest BCUT2D eigenvalue weighted by Crippen LogP contribution is -2.26. The van der Waals surface area contributed by atoms with Crippen molar-refractivity contribution < 1.29 is 26.7 Å². The first-order valence-electron chi connectivity index (χ1n) is 18.4. The van der Waals surface area contributed by atoms with Crippen LogP contribution in [0.25, 0.3) is 22.3 Å². The summed E-state index contributed by atoms with van der Waals surface area (Å²) in [4.78, 5) is 0. The van der Waals surface area contributed by atoms with Crippen molar-refractivity contribution in [1.82, 2.24) is 0 Å². The van der Waals surface area contributed by atoms with Crippen LogP contribution in [-0.4, -0.2) is 0 Å². The van der Waals surface area contributed by atoms with Gasteiger partial charge < -0.3 is 9.13 Å². The monoisotopic (exact) mass is 782 g/mol. The molecular formula is C48H36F4O2P2. The maximum absolute atomic E-state index is 15.3. The van der Waals surface area contributed by atoms with E-state index in [0.717, 1.165) is 44.5 Å². The molecule has 2 nitrogen and oxygen atoms in total. The fourth-order valence-corrected chi connectivity index (χ4v) is 14.1. The van der Waals surface area contributed by atoms with E-state index in [1.807, 2.05) is 36.4 Å². The van der Waals surface area contributed by atoms with E-state index in [9.17, 15) is 17.6 Å². The van der Waals surface area contributed by atoms with Crippen molar-refractivity contribution >= 4 is 46.1 Å². The Morgan fingerprint density at radius 3 is 0.821 bits per heavy atom. The second kappa shape index (κ2) is 12.6. The van der Waals surface area contributed by atoms with Crippen molar-refractivity contribution in [3.05, 3.63) is 191 Å². The minimum atomic E-state index is -3.54. The fourth-order valence-electron chi connectivity index (χ4n) is 8.83. The SMILES string of the molecule is CC1(C)c2cc(P(=O)(c3ccc(F)cc3)c3ccc(F)cc3)ccc2-c2cc3c(cc21)-c1ccc(P(=O)(c2ccc(F)cc2)c2ccc(F)cc2)cc1C3(C)C. The van der Waals surface area contributed by atoms with E-state index in [2.05, 4.69) is 39.8 Å². The Balaban J connectivity index is 1.17. The highest BCUT2D eigenvalue weighted by molar-refractivity contribution is 7.85. The number of benzene rings is 7. The zero-order chi connectivity index (χ0) is 39.4. The Kier molecular flexibility index (Phi) is 8.19. The van der Waals surface area contributed by atoms with Gasteiger partial charge in [0.05, 0.1) is 0 Å². The van der Waals surface area contributed by atoms with Crippen LogP contribution in [0, 0.1) is 23.3 Å². The van der Waals surface area contributed by atoms with E-state index in [1.54, 1.807) is 48.5 Å². The molecule has 56 heavy (non-hydrogen) atoms. The van der Waals surface area contributed by atoms with Crippen LogP contribution in [0.1, 0.15) is 49.9 Å². The van der Waals surface area contributed by atoms with Gasteiger partial charge in [0, 0.05) is 42.7 Å². The first-order chi connectivity index (χ1) is 26.6. The van der Waals surface area contributed by atoms with Crippen LogP contribution in [0.3, 0.4) is 0 Å². The van der Waals surface area contributed by atoms with Crippen LogP contribution < -0.4 is 31.8 Å². The summed E-state index contributed by atoms with van der Waals surface area (Å²) in [6.07, 6.45) is 0. The molecule has 0 aromatic heterocycles. The van der Waals surface area contributed by atoms with E-state index in [4.69, 9.17) is 0 Å². The third-order valence-electron chi connectivity index (χ3n) is 11.9. The molecule has 0 heterocycles. The zero-order valence-corrected chi connectivity index (χ0v) is 32.9. The Bertz CT molecular complexity index is 2530. The summed E-state index contributed by atoms with van der Waals surface area (Å²) in [6.45, 7) is 8.61. The molecule has 7 aromatic rings. The van der Waals surface area contributed by atoms with Gasteiger partial charge in [-0.1, -0.05) is 52.0 Å². The van der Waals surface area contributed by atoms with E-state index < -0.39 is 48.4 Å². The molecular weight excluding hydrogens is 746 g/mol. The molecule has 0 saturated carbocycles. The molecule has 0 spiro atoms. The van der Waals surface area contributed by atoms with Crippen LogP contribution in [-0.2, 0) is 20.0 Å². The topological polar surface area (TPSA) is 34.1 Å². The molecule has 2 aliphatic rings. The molecule has 0 saturated heterocycles. The summed E-state index contributed by atoms with van der Waals surface area (Å²) in [5, 5.41) is 2.98. The summed E-state index contributed by atoms with van der Waals surface area (Å²) in [5.41, 5.74) is 7.40. The molecule has 0 N–H and O–H groups in total. The maximum atomic E-state index is 15.3. The first kappa shape index (κ1) is 36.4. The molecule has 7 aromatic carbocycles. The van der Waals surface area contributed by atoms with E-state index in [0.29, 0.717) is 31.8 Å². The number of hydrogen-bond donors (Lipinski definition) is 0. The Labute approximate surface area is 323 Å². The zero-order valence-electron chi connectivity index (χ0n) is 31.1. The normalized spacial score (nSPS) is 14.9. The average molecular weight is 783 g/mol. The summed E-state index contributed by atoms with van der Waals surface area (Å²) in [5.74, 6) is -1.75. The van der Waals surface area contributed by atoms with Crippen molar-refractivity contribution in [2.75, 3.05) is 0 Å². The third kappa shape index (κ3) is 5.30. The van der Waals surface area contributed by atoms with Gasteiger partial charge in [0.25, 0.3) is 0 Å². The Hall–Kier alpha value is -5.28. The average Bonchev–Trinajstić information content (AvgIpc) is 3.55. The number of hydrogen-bond acceptors (Lipinski definition) is 2. The lowest BCUT2D eigenvalue weighted by atomic mass is 9.79. The van der Waals surface area contributed by atoms with Gasteiger partial charge in [0.15, 0.2) is 14.3 Å². The molecule has 0 aliphatic heterocycles. The predicted molar refractivity (Wildman–Crippen MR) is 220 cm³/mol. The van der Waals surface area contributed by atoms with Gasteiger partial charge in [-0.2, -0.15) is 0 Å². The third-order valence-corrected chi connectivity index (χ3v) is 18.0. The van der Waals surface area contributed by atoms with Crippen LogP contribution >= 0.6 is 14.3 Å². The van der Waals surface area contributed by atoms with Crippen molar-refractivity contribution in [2.24, 2.45) is 0 Å². The molecule has 0 bridgehead atoms. The summed E-state index contributed by atoms with van der Waals surface area (Å²) < 4.78 is 86.9. The number of fused-ring (bicyclic) bond motifs is 6. The quantitative estimate of drug-likeness (QED) is 0.124. The molecule has 2 aliphatic carbocycles. The molecule has 0 atom stereocenters. The summed E-state index contributed by atoms with van der Waals surface area (Å²) in [6, 6.07) is 39.0. The highest BCUT2D eigenvalue weighted by Gasteiger charge is 2.44. The van der Waals surface area contributed by atoms with Crippen LogP contribution in [0.15, 0.2) is 146 Å². The molecule has 8 heteroatoms. The minimum Gasteiger partial charge on any atom is -0.309 e.